The van der Waals surface area contributed by atoms with Crippen molar-refractivity contribution in [1.29, 1.82) is 0 Å². The topological polar surface area (TPSA) is 121 Å². The largest absolute Gasteiger partial charge is 0.493 e. The van der Waals surface area contributed by atoms with Crippen LogP contribution in [-0.4, -0.2) is 53.3 Å². The van der Waals surface area contributed by atoms with Gasteiger partial charge < -0.3 is 33.9 Å². The van der Waals surface area contributed by atoms with Crippen LogP contribution in [0.5, 0.6) is 23.0 Å². The van der Waals surface area contributed by atoms with Gasteiger partial charge in [-0.2, -0.15) is 0 Å². The molecule has 0 saturated carbocycles. The van der Waals surface area contributed by atoms with Gasteiger partial charge in [-0.3, -0.25) is 4.79 Å². The fourth-order valence-corrected chi connectivity index (χ4v) is 4.97. The molecule has 0 atom stereocenters. The second-order valence-electron chi connectivity index (χ2n) is 10.0. The molecule has 0 fully saturated rings. The zero-order chi connectivity index (χ0) is 30.9. The van der Waals surface area contributed by atoms with E-state index in [-0.39, 0.29) is 25.7 Å². The van der Waals surface area contributed by atoms with Crippen LogP contribution in [0, 0.1) is 0 Å². The Morgan fingerprint density at radius 3 is 2.64 bits per heavy atom. The van der Waals surface area contributed by atoms with Crippen LogP contribution in [0.4, 0.5) is 16.3 Å². The number of carbonyl (C=O) groups excluding carboxylic acids is 2. The highest BCUT2D eigenvalue weighted by Crippen LogP contribution is 2.44. The average molecular weight is 621 g/mol. The maximum Gasteiger partial charge on any atom is 0.410 e. The summed E-state index contributed by atoms with van der Waals surface area (Å²) in [6.45, 7) is 2.22. The molecule has 1 aromatic heterocycles. The third kappa shape index (κ3) is 7.41. The van der Waals surface area contributed by atoms with Crippen LogP contribution in [-0.2, 0) is 22.7 Å². The molecule has 2 heterocycles. The summed E-state index contributed by atoms with van der Waals surface area (Å²) in [6, 6.07) is 16.5. The predicted molar refractivity (Wildman–Crippen MR) is 165 cm³/mol. The predicted octanol–water partition coefficient (Wildman–Crippen LogP) is 6.58. The summed E-state index contributed by atoms with van der Waals surface area (Å²) in [4.78, 5) is 35.6. The highest BCUT2D eigenvalue weighted by atomic mass is 35.5. The minimum atomic E-state index is -0.493. The molecule has 44 heavy (non-hydrogen) atoms. The number of hydrogen-bond donors (Lipinski definition) is 1. The summed E-state index contributed by atoms with van der Waals surface area (Å²) < 4.78 is 28.0. The molecule has 0 unspecified atom stereocenters. The van der Waals surface area contributed by atoms with Crippen molar-refractivity contribution < 1.29 is 33.3 Å². The fraction of sp³-hybridized carbons (Fsp3) is 0.312. The number of anilines is 2. The lowest BCUT2D eigenvalue weighted by molar-refractivity contribution is -0.132. The minimum absolute atomic E-state index is 0.0487. The number of alkyl halides is 1. The van der Waals surface area contributed by atoms with Gasteiger partial charge in [0.05, 0.1) is 24.9 Å². The molecular formula is C32H33ClN4O7. The van der Waals surface area contributed by atoms with Crippen LogP contribution in [0.15, 0.2) is 60.9 Å². The molecule has 4 aromatic rings. The molecule has 0 bridgehead atoms. The number of amides is 1. The van der Waals surface area contributed by atoms with Crippen LogP contribution in [0.2, 0.25) is 0 Å². The average Bonchev–Trinajstić information content (AvgIpc) is 3.52. The quantitative estimate of drug-likeness (QED) is 0.0758. The van der Waals surface area contributed by atoms with E-state index in [4.69, 9.17) is 35.3 Å². The molecule has 0 saturated heterocycles. The highest BCUT2D eigenvalue weighted by molar-refractivity contribution is 6.17. The van der Waals surface area contributed by atoms with Gasteiger partial charge in [0.1, 0.15) is 18.8 Å². The smallest absolute Gasteiger partial charge is 0.410 e. The lowest BCUT2D eigenvalue weighted by atomic mass is 10.1. The van der Waals surface area contributed by atoms with Crippen molar-refractivity contribution >= 4 is 46.1 Å². The van der Waals surface area contributed by atoms with Gasteiger partial charge in [0.25, 0.3) is 0 Å². The van der Waals surface area contributed by atoms with Crippen LogP contribution in [0.25, 0.3) is 10.9 Å². The number of benzene rings is 3. The number of nitrogens with one attached hydrogen (secondary N) is 1. The SMILES string of the molecule is COc1cc2ncnc(Nc3c(CN(CCCCCCl)C(=O)OCc4ccccc4)ccc4c3OCO4)c2cc1OC(C)=O. The molecule has 1 aliphatic heterocycles. The lowest BCUT2D eigenvalue weighted by Gasteiger charge is -2.24. The fourth-order valence-electron chi connectivity index (χ4n) is 4.78. The Labute approximate surface area is 260 Å². The van der Waals surface area contributed by atoms with Gasteiger partial charge >= 0.3 is 12.1 Å². The number of unbranched alkanes of at least 4 members (excludes halogenated alkanes) is 2. The molecule has 1 aliphatic rings. The summed E-state index contributed by atoms with van der Waals surface area (Å²) in [5.41, 5.74) is 2.79. The van der Waals surface area contributed by atoms with E-state index in [0.29, 0.717) is 52.1 Å². The van der Waals surface area contributed by atoms with E-state index in [1.807, 2.05) is 42.5 Å². The van der Waals surface area contributed by atoms with Crippen molar-refractivity contribution in [3.63, 3.8) is 0 Å². The van der Waals surface area contributed by atoms with E-state index in [1.54, 1.807) is 17.0 Å². The van der Waals surface area contributed by atoms with Crippen LogP contribution >= 0.6 is 11.6 Å². The Morgan fingerprint density at radius 2 is 1.86 bits per heavy atom. The van der Waals surface area contributed by atoms with Crippen LogP contribution in [0.1, 0.15) is 37.3 Å². The third-order valence-corrected chi connectivity index (χ3v) is 7.20. The molecule has 1 amide bonds. The maximum atomic E-state index is 13.4. The first kappa shape index (κ1) is 30.7. The maximum absolute atomic E-state index is 13.4. The summed E-state index contributed by atoms with van der Waals surface area (Å²) in [7, 11) is 1.48. The van der Waals surface area contributed by atoms with Crippen molar-refractivity contribution in [3.8, 4) is 23.0 Å². The number of hydrogen-bond acceptors (Lipinski definition) is 10. The molecule has 0 spiro atoms. The minimum Gasteiger partial charge on any atom is -0.493 e. The molecule has 1 N–H and O–H groups in total. The summed E-state index contributed by atoms with van der Waals surface area (Å²) in [5, 5.41) is 3.95. The first-order valence-electron chi connectivity index (χ1n) is 14.2. The summed E-state index contributed by atoms with van der Waals surface area (Å²) in [6.07, 6.45) is 3.47. The standard InChI is InChI=1S/C32H33ClN4O7/c1-21(38)44-28-15-24-25(16-27(28)40-2)34-19-35-31(24)36-29-23(11-12-26-30(29)43-20-42-26)17-37(14-8-4-7-13-33)32(39)41-18-22-9-5-3-6-10-22/h3,5-6,9-12,15-16,19H,4,7-8,13-14,17-18,20H2,1-2H3,(H,34,35,36). The normalized spacial score (nSPS) is 11.7. The number of methoxy groups -OCH3 is 1. The van der Waals surface area contributed by atoms with Crippen LogP contribution < -0.4 is 24.3 Å². The van der Waals surface area contributed by atoms with Crippen molar-refractivity contribution in [2.45, 2.75) is 39.3 Å². The molecule has 230 valence electrons. The Balaban J connectivity index is 1.47. The van der Waals surface area contributed by atoms with Crippen molar-refractivity contribution in [1.82, 2.24) is 14.9 Å². The number of rotatable bonds is 13. The zero-order valence-corrected chi connectivity index (χ0v) is 25.3. The number of carbonyl (C=O) groups is 2. The monoisotopic (exact) mass is 620 g/mol. The van der Waals surface area contributed by atoms with Gasteiger partial charge in [-0.15, -0.1) is 11.6 Å². The van der Waals surface area contributed by atoms with Gasteiger partial charge in [0.2, 0.25) is 6.79 Å². The number of fused-ring (bicyclic) bond motifs is 2. The number of halogens is 1. The number of nitrogens with zero attached hydrogens (tertiary/aromatic N) is 3. The van der Waals surface area contributed by atoms with Gasteiger partial charge in [-0.25, -0.2) is 14.8 Å². The highest BCUT2D eigenvalue weighted by Gasteiger charge is 2.25. The molecule has 3 aromatic carbocycles. The second kappa shape index (κ2) is 14.6. The molecule has 12 heteroatoms. The molecular weight excluding hydrogens is 588 g/mol. The van der Waals surface area contributed by atoms with E-state index in [2.05, 4.69) is 15.3 Å². The number of esters is 1. The molecule has 0 radical (unpaired) electrons. The lowest BCUT2D eigenvalue weighted by Crippen LogP contribution is -2.32. The van der Waals surface area contributed by atoms with Gasteiger partial charge in [-0.05, 0) is 36.1 Å². The van der Waals surface area contributed by atoms with E-state index in [0.717, 1.165) is 30.4 Å². The van der Waals surface area contributed by atoms with Crippen molar-refractivity contribution in [2.24, 2.45) is 0 Å². The van der Waals surface area contributed by atoms with Gasteiger partial charge in [0, 0.05) is 30.8 Å². The summed E-state index contributed by atoms with van der Waals surface area (Å²) >= 11 is 5.89. The Bertz CT molecular complexity index is 1620. The van der Waals surface area contributed by atoms with E-state index < -0.39 is 12.1 Å². The Kier molecular flexibility index (Phi) is 10.2. The van der Waals surface area contributed by atoms with Gasteiger partial charge in [-0.1, -0.05) is 42.8 Å². The van der Waals surface area contributed by atoms with Gasteiger partial charge in [0.15, 0.2) is 23.0 Å². The number of ether oxygens (including phenoxy) is 5. The zero-order valence-electron chi connectivity index (χ0n) is 24.5. The summed E-state index contributed by atoms with van der Waals surface area (Å²) in [5.74, 6) is 2.12. The van der Waals surface area contributed by atoms with Crippen molar-refractivity contribution in [2.75, 3.05) is 31.6 Å². The Hall–Kier alpha value is -4.77. The van der Waals surface area contributed by atoms with E-state index in [1.165, 1.54) is 20.4 Å². The third-order valence-electron chi connectivity index (χ3n) is 6.93. The first-order chi connectivity index (χ1) is 21.5. The molecule has 5 rings (SSSR count). The molecule has 0 aliphatic carbocycles. The second-order valence-corrected chi connectivity index (χ2v) is 10.4. The van der Waals surface area contributed by atoms with E-state index in [9.17, 15) is 9.59 Å². The van der Waals surface area contributed by atoms with Crippen LogP contribution in [0.3, 0.4) is 0 Å². The first-order valence-corrected chi connectivity index (χ1v) is 14.7. The van der Waals surface area contributed by atoms with E-state index >= 15 is 0 Å². The Morgan fingerprint density at radius 1 is 1.02 bits per heavy atom. The number of aromatic nitrogens is 2. The molecule has 11 nitrogen and oxygen atoms in total. The van der Waals surface area contributed by atoms with Crippen molar-refractivity contribution in [3.05, 3.63) is 72.1 Å².